The van der Waals surface area contributed by atoms with Crippen molar-refractivity contribution in [3.63, 3.8) is 0 Å². The molecule has 0 saturated carbocycles. The Kier molecular flexibility index (Phi) is 6.03. The van der Waals surface area contributed by atoms with Crippen molar-refractivity contribution in [2.45, 2.75) is 12.8 Å². The van der Waals surface area contributed by atoms with Crippen LogP contribution in [0.1, 0.15) is 33.6 Å². The molecule has 10 heteroatoms. The average molecular weight is 414 g/mol. The summed E-state index contributed by atoms with van der Waals surface area (Å²) >= 11 is 5.09. The molecular weight excluding hydrogens is 396 g/mol. The van der Waals surface area contributed by atoms with Crippen molar-refractivity contribution < 1.29 is 19.6 Å². The third-order valence-corrected chi connectivity index (χ3v) is 4.68. The number of carbonyl (C=O) groups is 2. The highest BCUT2D eigenvalue weighted by atomic mass is 32.1. The molecule has 9 nitrogen and oxygen atoms in total. The van der Waals surface area contributed by atoms with Gasteiger partial charge in [-0.1, -0.05) is 6.07 Å². The fourth-order valence-corrected chi connectivity index (χ4v) is 3.31. The first-order valence-corrected chi connectivity index (χ1v) is 9.25. The Morgan fingerprint density at radius 2 is 1.83 bits per heavy atom. The summed E-state index contributed by atoms with van der Waals surface area (Å²) < 4.78 is 0. The van der Waals surface area contributed by atoms with Crippen molar-refractivity contribution >= 4 is 46.3 Å². The maximum atomic E-state index is 12.5. The van der Waals surface area contributed by atoms with Crippen LogP contribution < -0.4 is 15.5 Å². The molecule has 0 bridgehead atoms. The minimum Gasteiger partial charge on any atom is -0.478 e. The van der Waals surface area contributed by atoms with E-state index in [2.05, 4.69) is 10.6 Å². The highest BCUT2D eigenvalue weighted by molar-refractivity contribution is 7.80. The summed E-state index contributed by atoms with van der Waals surface area (Å²) in [5.41, 5.74) is 0.925. The Bertz CT molecular complexity index is 988. The lowest BCUT2D eigenvalue weighted by Crippen LogP contribution is -2.34. The van der Waals surface area contributed by atoms with Crippen LogP contribution in [0.25, 0.3) is 0 Å². The van der Waals surface area contributed by atoms with Gasteiger partial charge in [0, 0.05) is 30.4 Å². The molecule has 2 aromatic rings. The maximum Gasteiger partial charge on any atom is 0.335 e. The minimum atomic E-state index is -1.09. The molecule has 3 N–H and O–H groups in total. The first kappa shape index (κ1) is 20.2. The van der Waals surface area contributed by atoms with Gasteiger partial charge in [-0.15, -0.1) is 0 Å². The summed E-state index contributed by atoms with van der Waals surface area (Å²) in [6.07, 6.45) is 1.95. The number of rotatable bonds is 5. The number of carboxylic acid groups (broad SMARTS) is 1. The van der Waals surface area contributed by atoms with Crippen LogP contribution in [0.15, 0.2) is 42.5 Å². The molecule has 0 aliphatic carbocycles. The molecule has 1 aliphatic rings. The predicted octanol–water partition coefficient (Wildman–Crippen LogP) is 3.02. The van der Waals surface area contributed by atoms with Gasteiger partial charge in [-0.05, 0) is 55.4 Å². The van der Waals surface area contributed by atoms with E-state index < -0.39 is 16.8 Å². The van der Waals surface area contributed by atoms with Gasteiger partial charge in [-0.2, -0.15) is 0 Å². The smallest absolute Gasteiger partial charge is 0.335 e. The lowest BCUT2D eigenvalue weighted by molar-refractivity contribution is -0.384. The zero-order chi connectivity index (χ0) is 21.0. The largest absolute Gasteiger partial charge is 0.478 e. The average Bonchev–Trinajstić information content (AvgIpc) is 3.22. The SMILES string of the molecule is O=C(O)c1cccc(NC(=S)NC(=O)c2ccc(N3CCCC3)c([N+](=O)[O-])c2)c1. The van der Waals surface area contributed by atoms with Crippen LogP contribution >= 0.6 is 12.2 Å². The van der Waals surface area contributed by atoms with Gasteiger partial charge < -0.3 is 15.3 Å². The molecule has 1 saturated heterocycles. The van der Waals surface area contributed by atoms with Crippen molar-refractivity contribution in [2.24, 2.45) is 0 Å². The number of nitrogens with one attached hydrogen (secondary N) is 2. The molecule has 0 radical (unpaired) electrons. The van der Waals surface area contributed by atoms with E-state index in [9.17, 15) is 19.7 Å². The van der Waals surface area contributed by atoms with Gasteiger partial charge in [0.05, 0.1) is 10.5 Å². The summed E-state index contributed by atoms with van der Waals surface area (Å²) in [5, 5.41) is 25.6. The van der Waals surface area contributed by atoms with Crippen LogP contribution in [-0.2, 0) is 0 Å². The molecule has 0 atom stereocenters. The Morgan fingerprint density at radius 1 is 1.10 bits per heavy atom. The number of nitro benzene ring substituents is 1. The molecule has 1 amide bonds. The Balaban J connectivity index is 1.72. The second kappa shape index (κ2) is 8.65. The van der Waals surface area contributed by atoms with Crippen molar-refractivity contribution in [3.05, 3.63) is 63.7 Å². The van der Waals surface area contributed by atoms with Crippen LogP contribution in [-0.4, -0.2) is 40.1 Å². The van der Waals surface area contributed by atoms with E-state index >= 15 is 0 Å². The van der Waals surface area contributed by atoms with Gasteiger partial charge >= 0.3 is 5.97 Å². The van der Waals surface area contributed by atoms with E-state index in [0.717, 1.165) is 25.9 Å². The lowest BCUT2D eigenvalue weighted by Gasteiger charge is -2.18. The summed E-state index contributed by atoms with van der Waals surface area (Å²) in [5.74, 6) is -1.69. The second-order valence-corrected chi connectivity index (χ2v) is 6.86. The highest BCUT2D eigenvalue weighted by Gasteiger charge is 2.24. The number of hydrogen-bond acceptors (Lipinski definition) is 6. The van der Waals surface area contributed by atoms with Crippen LogP contribution in [0.5, 0.6) is 0 Å². The molecule has 1 aliphatic heterocycles. The van der Waals surface area contributed by atoms with Crippen molar-refractivity contribution in [1.82, 2.24) is 5.32 Å². The third kappa shape index (κ3) is 4.85. The first-order chi connectivity index (χ1) is 13.8. The van der Waals surface area contributed by atoms with Gasteiger partial charge in [0.2, 0.25) is 0 Å². The van der Waals surface area contributed by atoms with E-state index in [1.54, 1.807) is 12.1 Å². The number of anilines is 2. The van der Waals surface area contributed by atoms with Crippen LogP contribution in [0.4, 0.5) is 17.1 Å². The third-order valence-electron chi connectivity index (χ3n) is 4.48. The minimum absolute atomic E-state index is 0.0520. The Hall–Kier alpha value is -3.53. The number of nitrogens with zero attached hydrogens (tertiary/aromatic N) is 2. The number of hydrogen-bond donors (Lipinski definition) is 3. The zero-order valence-electron chi connectivity index (χ0n) is 15.3. The van der Waals surface area contributed by atoms with Crippen molar-refractivity contribution in [3.8, 4) is 0 Å². The summed E-state index contributed by atoms with van der Waals surface area (Å²) in [7, 11) is 0. The van der Waals surface area contributed by atoms with Gasteiger partial charge in [0.1, 0.15) is 5.69 Å². The maximum absolute atomic E-state index is 12.5. The molecule has 1 heterocycles. The van der Waals surface area contributed by atoms with Gasteiger partial charge in [-0.25, -0.2) is 4.79 Å². The number of amides is 1. The number of carbonyl (C=O) groups excluding carboxylic acids is 1. The van der Waals surface area contributed by atoms with E-state index in [0.29, 0.717) is 11.4 Å². The Morgan fingerprint density at radius 3 is 2.48 bits per heavy atom. The molecule has 150 valence electrons. The molecule has 1 fully saturated rings. The molecule has 0 aromatic heterocycles. The quantitative estimate of drug-likeness (QED) is 0.387. The van der Waals surface area contributed by atoms with Gasteiger partial charge in [-0.3, -0.25) is 20.2 Å². The fourth-order valence-electron chi connectivity index (χ4n) is 3.10. The molecule has 0 unspecified atom stereocenters. The topological polar surface area (TPSA) is 125 Å². The van der Waals surface area contributed by atoms with Crippen LogP contribution in [0.2, 0.25) is 0 Å². The zero-order valence-corrected chi connectivity index (χ0v) is 16.1. The molecule has 2 aromatic carbocycles. The summed E-state index contributed by atoms with van der Waals surface area (Å²) in [4.78, 5) is 36.4. The van der Waals surface area contributed by atoms with E-state index in [1.165, 1.54) is 30.3 Å². The number of benzene rings is 2. The highest BCUT2D eigenvalue weighted by Crippen LogP contribution is 2.31. The monoisotopic (exact) mass is 414 g/mol. The van der Waals surface area contributed by atoms with Crippen molar-refractivity contribution in [2.75, 3.05) is 23.3 Å². The first-order valence-electron chi connectivity index (χ1n) is 8.84. The number of nitro groups is 1. The van der Waals surface area contributed by atoms with Crippen molar-refractivity contribution in [1.29, 1.82) is 0 Å². The summed E-state index contributed by atoms with van der Waals surface area (Å²) in [6.45, 7) is 1.49. The molecule has 0 spiro atoms. The number of thiocarbonyl (C=S) groups is 1. The Labute approximate surface area is 171 Å². The second-order valence-electron chi connectivity index (χ2n) is 6.45. The van der Waals surface area contributed by atoms with Crippen LogP contribution in [0, 0.1) is 10.1 Å². The van der Waals surface area contributed by atoms with Gasteiger partial charge in [0.25, 0.3) is 11.6 Å². The van der Waals surface area contributed by atoms with E-state index in [4.69, 9.17) is 17.3 Å². The standard InChI is InChI=1S/C19H18N4O5S/c24-17(21-19(29)20-14-5-3-4-13(10-14)18(25)26)12-6-7-15(16(11-12)23(27)28)22-8-1-2-9-22/h3-7,10-11H,1-2,8-9H2,(H,25,26)(H2,20,21,24,29). The number of aromatic carboxylic acids is 1. The fraction of sp³-hybridized carbons (Fsp3) is 0.211. The molecule has 29 heavy (non-hydrogen) atoms. The van der Waals surface area contributed by atoms with E-state index in [1.807, 2.05) is 4.90 Å². The lowest BCUT2D eigenvalue weighted by atomic mass is 10.1. The molecular formula is C19H18N4O5S. The molecule has 3 rings (SSSR count). The summed E-state index contributed by atoms with van der Waals surface area (Å²) in [6, 6.07) is 10.3. The normalized spacial score (nSPS) is 13.0. The van der Waals surface area contributed by atoms with Gasteiger partial charge in [0.15, 0.2) is 5.11 Å². The number of carboxylic acids is 1. The van der Waals surface area contributed by atoms with Crippen LogP contribution in [0.3, 0.4) is 0 Å². The predicted molar refractivity (Wildman–Crippen MR) is 112 cm³/mol. The van der Waals surface area contributed by atoms with E-state index in [-0.39, 0.29) is 21.9 Å².